The summed E-state index contributed by atoms with van der Waals surface area (Å²) in [7, 11) is 0. The lowest BCUT2D eigenvalue weighted by molar-refractivity contribution is 0.558. The van der Waals surface area contributed by atoms with E-state index in [1.165, 1.54) is 231 Å². The van der Waals surface area contributed by atoms with E-state index in [-0.39, 0.29) is 0 Å². The summed E-state index contributed by atoms with van der Waals surface area (Å²) < 4.78 is 0. The molecule has 0 N–H and O–H groups in total. The number of rotatable bonds is 45. The van der Waals surface area contributed by atoms with Crippen LogP contribution >= 0.6 is 0 Å². The molecular formula is C51H102N6. The van der Waals surface area contributed by atoms with Gasteiger partial charge in [-0.1, -0.05) is 234 Å². The zero-order valence-electron chi connectivity index (χ0n) is 39.9. The Bertz CT molecular complexity index is 908. The first-order chi connectivity index (χ1) is 28.2. The zero-order valence-corrected chi connectivity index (χ0v) is 39.9. The molecule has 6 heteroatoms. The van der Waals surface area contributed by atoms with Gasteiger partial charge in [-0.2, -0.15) is 4.98 Å². The molecule has 0 saturated heterocycles. The summed E-state index contributed by atoms with van der Waals surface area (Å²) in [6.07, 6.45) is 47.6. The molecule has 0 atom stereocenters. The van der Waals surface area contributed by atoms with Crippen LogP contribution in [0.4, 0.5) is 17.6 Å². The molecule has 336 valence electrons. The highest BCUT2D eigenvalue weighted by Crippen LogP contribution is 2.30. The number of anilines is 3. The molecule has 1 heterocycles. The molecule has 1 aromatic rings. The first-order valence-electron chi connectivity index (χ1n) is 26.2. The number of nitrogens with zero attached hydrogens (tertiary/aromatic N) is 6. The van der Waals surface area contributed by atoms with Crippen molar-refractivity contribution in [2.75, 3.05) is 54.0 Å². The van der Waals surface area contributed by atoms with Crippen LogP contribution in [0, 0.1) is 0 Å². The van der Waals surface area contributed by atoms with Crippen molar-refractivity contribution in [1.29, 1.82) is 0 Å². The molecule has 57 heavy (non-hydrogen) atoms. The molecule has 0 bridgehead atoms. The lowest BCUT2D eigenvalue weighted by Crippen LogP contribution is -2.35. The van der Waals surface area contributed by atoms with Crippen molar-refractivity contribution in [3.05, 3.63) is 0 Å². The van der Waals surface area contributed by atoms with E-state index in [0.29, 0.717) is 0 Å². The Morgan fingerprint density at radius 1 is 0.246 bits per heavy atom. The standard InChI is InChI=1S/C51H102N6/c1-7-13-19-25-31-37-43-55(44-38-32-26-20-14-8-2)49-50(56(45-39-33-27-21-15-9-3)46-40-34-28-22-16-10-4)53-54-51(52-49)57(47-41-35-29-23-17-11-5)48-42-36-30-24-18-12-6/h7-48H2,1-6H3. The fourth-order valence-corrected chi connectivity index (χ4v) is 8.31. The highest BCUT2D eigenvalue weighted by molar-refractivity contribution is 5.63. The Kier molecular flexibility index (Phi) is 38.6. The summed E-state index contributed by atoms with van der Waals surface area (Å²) in [5.41, 5.74) is 0. The summed E-state index contributed by atoms with van der Waals surface area (Å²) in [4.78, 5) is 13.6. The van der Waals surface area contributed by atoms with E-state index in [1.54, 1.807) is 0 Å². The Morgan fingerprint density at radius 3 is 0.754 bits per heavy atom. The smallest absolute Gasteiger partial charge is 0.247 e. The van der Waals surface area contributed by atoms with Crippen molar-refractivity contribution >= 4 is 17.6 Å². The van der Waals surface area contributed by atoms with E-state index in [2.05, 4.69) is 56.2 Å². The highest BCUT2D eigenvalue weighted by atomic mass is 15.4. The molecule has 0 spiro atoms. The van der Waals surface area contributed by atoms with Gasteiger partial charge in [-0.05, 0) is 38.5 Å². The van der Waals surface area contributed by atoms with E-state index in [9.17, 15) is 0 Å². The van der Waals surface area contributed by atoms with Crippen molar-refractivity contribution in [2.45, 2.75) is 273 Å². The molecule has 1 aromatic heterocycles. The summed E-state index contributed by atoms with van der Waals surface area (Å²) >= 11 is 0. The molecule has 0 aliphatic carbocycles. The van der Waals surface area contributed by atoms with Crippen LogP contribution in [0.1, 0.15) is 273 Å². The average Bonchev–Trinajstić information content (AvgIpc) is 3.23. The van der Waals surface area contributed by atoms with Gasteiger partial charge in [0.05, 0.1) is 0 Å². The highest BCUT2D eigenvalue weighted by Gasteiger charge is 2.23. The van der Waals surface area contributed by atoms with Crippen LogP contribution in [0.15, 0.2) is 0 Å². The predicted octanol–water partition coefficient (Wildman–Crippen LogP) is 16.5. The van der Waals surface area contributed by atoms with E-state index in [0.717, 1.165) is 56.9 Å². The predicted molar refractivity (Wildman–Crippen MR) is 257 cm³/mol. The van der Waals surface area contributed by atoms with Gasteiger partial charge >= 0.3 is 0 Å². The first-order valence-corrected chi connectivity index (χ1v) is 26.2. The molecule has 0 aliphatic heterocycles. The number of hydrogen-bond acceptors (Lipinski definition) is 6. The molecule has 0 radical (unpaired) electrons. The maximum absolute atomic E-state index is 5.68. The van der Waals surface area contributed by atoms with Crippen LogP contribution in [0.25, 0.3) is 0 Å². The maximum atomic E-state index is 5.68. The van der Waals surface area contributed by atoms with Gasteiger partial charge in [0.25, 0.3) is 0 Å². The van der Waals surface area contributed by atoms with Crippen LogP contribution in [0.5, 0.6) is 0 Å². The topological polar surface area (TPSA) is 48.4 Å². The third kappa shape index (κ3) is 29.3. The van der Waals surface area contributed by atoms with Crippen LogP contribution in [0.3, 0.4) is 0 Å². The molecule has 6 nitrogen and oxygen atoms in total. The van der Waals surface area contributed by atoms with Gasteiger partial charge in [-0.25, -0.2) is 0 Å². The molecular weight excluding hydrogens is 697 g/mol. The summed E-state index contributed by atoms with van der Waals surface area (Å²) in [5, 5.41) is 10.4. The second kappa shape index (κ2) is 41.2. The Balaban J connectivity index is 3.53. The minimum atomic E-state index is 0.894. The second-order valence-electron chi connectivity index (χ2n) is 17.8. The number of unbranched alkanes of at least 4 members (excludes halogenated alkanes) is 30. The van der Waals surface area contributed by atoms with Crippen molar-refractivity contribution < 1.29 is 0 Å². The third-order valence-electron chi connectivity index (χ3n) is 12.2. The van der Waals surface area contributed by atoms with Gasteiger partial charge in [0.1, 0.15) is 0 Å². The van der Waals surface area contributed by atoms with Gasteiger partial charge in [0.2, 0.25) is 5.95 Å². The zero-order chi connectivity index (χ0) is 41.3. The van der Waals surface area contributed by atoms with Gasteiger partial charge < -0.3 is 14.7 Å². The summed E-state index contributed by atoms with van der Waals surface area (Å²) in [6, 6.07) is 0. The van der Waals surface area contributed by atoms with Crippen LogP contribution < -0.4 is 14.7 Å². The SMILES string of the molecule is CCCCCCCCN(CCCCCCCC)c1nnc(N(CCCCCCCC)CCCCCCCC)c(N(CCCCCCCC)CCCCCCCC)n1. The van der Waals surface area contributed by atoms with E-state index in [1.807, 2.05) is 0 Å². The lowest BCUT2D eigenvalue weighted by atomic mass is 10.1. The largest absolute Gasteiger partial charge is 0.353 e. The quantitative estimate of drug-likeness (QED) is 0.0613. The summed E-state index contributed by atoms with van der Waals surface area (Å²) in [5.74, 6) is 3.12. The fourth-order valence-electron chi connectivity index (χ4n) is 8.31. The van der Waals surface area contributed by atoms with E-state index < -0.39 is 0 Å². The van der Waals surface area contributed by atoms with Gasteiger partial charge in [0, 0.05) is 39.3 Å². The lowest BCUT2D eigenvalue weighted by Gasteiger charge is -2.32. The maximum Gasteiger partial charge on any atom is 0.247 e. The third-order valence-corrected chi connectivity index (χ3v) is 12.2. The average molecular weight is 799 g/mol. The van der Waals surface area contributed by atoms with Gasteiger partial charge in [-0.15, -0.1) is 10.2 Å². The van der Waals surface area contributed by atoms with Gasteiger partial charge in [0.15, 0.2) is 11.6 Å². The van der Waals surface area contributed by atoms with Crippen molar-refractivity contribution in [1.82, 2.24) is 15.2 Å². The van der Waals surface area contributed by atoms with Crippen molar-refractivity contribution in [3.8, 4) is 0 Å². The minimum Gasteiger partial charge on any atom is -0.353 e. The Hall–Kier alpha value is -1.59. The number of hydrogen-bond donors (Lipinski definition) is 0. The second-order valence-corrected chi connectivity index (χ2v) is 17.8. The minimum absolute atomic E-state index is 0.894. The van der Waals surface area contributed by atoms with E-state index in [4.69, 9.17) is 15.2 Å². The van der Waals surface area contributed by atoms with Gasteiger partial charge in [-0.3, -0.25) is 0 Å². The molecule has 0 unspecified atom stereocenters. The molecule has 1 rings (SSSR count). The molecule has 0 saturated carbocycles. The van der Waals surface area contributed by atoms with Crippen LogP contribution in [-0.4, -0.2) is 54.4 Å². The normalized spacial score (nSPS) is 11.5. The Morgan fingerprint density at radius 2 is 0.474 bits per heavy atom. The fraction of sp³-hybridized carbons (Fsp3) is 0.941. The molecule has 0 fully saturated rings. The van der Waals surface area contributed by atoms with Crippen molar-refractivity contribution in [3.63, 3.8) is 0 Å². The van der Waals surface area contributed by atoms with Crippen LogP contribution in [0.2, 0.25) is 0 Å². The van der Waals surface area contributed by atoms with E-state index >= 15 is 0 Å². The first kappa shape index (κ1) is 53.4. The monoisotopic (exact) mass is 799 g/mol. The number of aromatic nitrogens is 3. The molecule has 0 amide bonds. The van der Waals surface area contributed by atoms with Crippen molar-refractivity contribution in [2.24, 2.45) is 0 Å². The van der Waals surface area contributed by atoms with Crippen LogP contribution in [-0.2, 0) is 0 Å². The summed E-state index contributed by atoms with van der Waals surface area (Å²) in [6.45, 7) is 20.4. The Labute approximate surface area is 358 Å². The molecule has 0 aliphatic rings. The molecule has 0 aromatic carbocycles.